The zero-order chi connectivity index (χ0) is 21.4. The maximum Gasteiger partial charge on any atom is 0.303 e. The molecule has 4 heteroatoms. The van der Waals surface area contributed by atoms with E-state index in [9.17, 15) is 9.90 Å². The van der Waals surface area contributed by atoms with E-state index in [-0.39, 0.29) is 23.0 Å². The summed E-state index contributed by atoms with van der Waals surface area (Å²) in [6.07, 6.45) is 2.71. The topological polar surface area (TPSA) is 66.8 Å². The first-order chi connectivity index (χ1) is 13.5. The maximum absolute atomic E-state index is 11.0. The van der Waals surface area contributed by atoms with E-state index >= 15 is 0 Å². The molecule has 29 heavy (non-hydrogen) atoms. The quantitative estimate of drug-likeness (QED) is 0.645. The fourth-order valence-electron chi connectivity index (χ4n) is 4.29. The van der Waals surface area contributed by atoms with Crippen LogP contribution < -0.4 is 4.74 Å². The molecule has 0 aromatic heterocycles. The van der Waals surface area contributed by atoms with Crippen molar-refractivity contribution in [2.45, 2.75) is 71.1 Å². The van der Waals surface area contributed by atoms with Crippen LogP contribution in [0.3, 0.4) is 0 Å². The monoisotopic (exact) mass is 396 g/mol. The van der Waals surface area contributed by atoms with Crippen LogP contribution in [0.2, 0.25) is 0 Å². The summed E-state index contributed by atoms with van der Waals surface area (Å²) in [6, 6.07) is 9.66. The Balaban J connectivity index is 2.19. The highest BCUT2D eigenvalue weighted by Crippen LogP contribution is 2.50. The molecular weight excluding hydrogens is 364 g/mol. The predicted octanol–water partition coefficient (Wildman–Crippen LogP) is 5.82. The van der Waals surface area contributed by atoms with Crippen molar-refractivity contribution >= 4 is 5.97 Å². The second-order valence-electron chi connectivity index (χ2n) is 9.34. The molecule has 1 aliphatic carbocycles. The van der Waals surface area contributed by atoms with Crippen molar-refractivity contribution < 1.29 is 19.7 Å². The molecule has 0 unspecified atom stereocenters. The van der Waals surface area contributed by atoms with E-state index in [1.54, 1.807) is 12.1 Å². The molecule has 3 rings (SSSR count). The van der Waals surface area contributed by atoms with Gasteiger partial charge in [0.15, 0.2) is 0 Å². The second-order valence-corrected chi connectivity index (χ2v) is 9.34. The molecule has 0 atom stereocenters. The number of phenols is 1. The fourth-order valence-corrected chi connectivity index (χ4v) is 4.29. The van der Waals surface area contributed by atoms with E-state index in [1.807, 2.05) is 13.0 Å². The molecule has 0 aliphatic heterocycles. The lowest BCUT2D eigenvalue weighted by atomic mass is 9.62. The molecule has 4 nitrogen and oxygen atoms in total. The number of benzene rings is 2. The number of hydrogen-bond donors (Lipinski definition) is 2. The molecule has 2 aromatic carbocycles. The number of carbonyl (C=O) groups is 1. The van der Waals surface area contributed by atoms with Crippen LogP contribution in [0, 0.1) is 0 Å². The third-order valence-electron chi connectivity index (χ3n) is 6.23. The van der Waals surface area contributed by atoms with Crippen LogP contribution in [-0.4, -0.2) is 22.8 Å². The van der Waals surface area contributed by atoms with Gasteiger partial charge in [-0.2, -0.15) is 0 Å². The highest BCUT2D eigenvalue weighted by molar-refractivity contribution is 5.78. The van der Waals surface area contributed by atoms with E-state index in [4.69, 9.17) is 9.84 Å². The predicted molar refractivity (Wildman–Crippen MR) is 116 cm³/mol. The molecule has 0 amide bonds. The van der Waals surface area contributed by atoms with Crippen LogP contribution in [0.15, 0.2) is 30.3 Å². The summed E-state index contributed by atoms with van der Waals surface area (Å²) in [5.41, 5.74) is 5.16. The van der Waals surface area contributed by atoms with Gasteiger partial charge in [0.05, 0.1) is 6.61 Å². The lowest BCUT2D eigenvalue weighted by Crippen LogP contribution is -2.33. The van der Waals surface area contributed by atoms with Gasteiger partial charge < -0.3 is 14.9 Å². The zero-order valence-corrected chi connectivity index (χ0v) is 18.1. The summed E-state index contributed by atoms with van der Waals surface area (Å²) < 4.78 is 6.01. The molecule has 2 aromatic rings. The number of fused-ring (bicyclic) bond motifs is 1. The summed E-state index contributed by atoms with van der Waals surface area (Å²) in [6.45, 7) is 11.6. The van der Waals surface area contributed by atoms with Gasteiger partial charge in [-0.05, 0) is 78.0 Å². The van der Waals surface area contributed by atoms with Crippen LogP contribution in [-0.2, 0) is 22.0 Å². The smallest absolute Gasteiger partial charge is 0.303 e. The molecule has 0 bridgehead atoms. The number of aliphatic carboxylic acids is 1. The summed E-state index contributed by atoms with van der Waals surface area (Å²) >= 11 is 0. The van der Waals surface area contributed by atoms with Gasteiger partial charge in [0.1, 0.15) is 11.5 Å². The van der Waals surface area contributed by atoms with Gasteiger partial charge in [0.2, 0.25) is 0 Å². The second kappa shape index (κ2) is 7.74. The average molecular weight is 397 g/mol. The molecule has 0 radical (unpaired) electrons. The Labute approximate surface area is 173 Å². The summed E-state index contributed by atoms with van der Waals surface area (Å²) in [7, 11) is 0. The number of hydrogen-bond acceptors (Lipinski definition) is 3. The van der Waals surface area contributed by atoms with Crippen molar-refractivity contribution in [3.63, 3.8) is 0 Å². The van der Waals surface area contributed by atoms with E-state index in [0.29, 0.717) is 18.6 Å². The Morgan fingerprint density at radius 3 is 2.21 bits per heavy atom. The number of aromatic hydroxyl groups is 1. The van der Waals surface area contributed by atoms with Crippen LogP contribution in [0.25, 0.3) is 11.1 Å². The third kappa shape index (κ3) is 4.26. The van der Waals surface area contributed by atoms with Crippen molar-refractivity contribution in [3.05, 3.63) is 47.0 Å². The van der Waals surface area contributed by atoms with Crippen LogP contribution in [0.5, 0.6) is 11.5 Å². The molecular formula is C25H32O4. The van der Waals surface area contributed by atoms with E-state index < -0.39 is 5.97 Å². The minimum Gasteiger partial charge on any atom is -0.507 e. The highest BCUT2D eigenvalue weighted by Gasteiger charge is 2.38. The maximum atomic E-state index is 11.0. The first kappa shape index (κ1) is 21.2. The van der Waals surface area contributed by atoms with Crippen molar-refractivity contribution in [1.82, 2.24) is 0 Å². The van der Waals surface area contributed by atoms with Gasteiger partial charge in [0, 0.05) is 17.5 Å². The molecule has 0 fully saturated rings. The molecule has 2 N–H and O–H groups in total. The Kier molecular flexibility index (Phi) is 5.66. The molecule has 1 aliphatic rings. The SMILES string of the molecule is CCOc1cc2c(cc1-c1cc(CCC(=O)O)ccc1O)C(C)(C)CCC2(C)C. The van der Waals surface area contributed by atoms with Gasteiger partial charge in [-0.1, -0.05) is 33.8 Å². The normalized spacial score (nSPS) is 16.9. The van der Waals surface area contributed by atoms with Crippen LogP contribution >= 0.6 is 0 Å². The number of carboxylic acid groups (broad SMARTS) is 1. The van der Waals surface area contributed by atoms with E-state index in [1.165, 1.54) is 11.1 Å². The van der Waals surface area contributed by atoms with Gasteiger partial charge in [-0.3, -0.25) is 4.79 Å². The molecule has 0 spiro atoms. The van der Waals surface area contributed by atoms with Gasteiger partial charge in [-0.15, -0.1) is 0 Å². The number of carboxylic acids is 1. The molecule has 0 saturated heterocycles. The first-order valence-corrected chi connectivity index (χ1v) is 10.4. The fraction of sp³-hybridized carbons (Fsp3) is 0.480. The minimum atomic E-state index is -0.826. The Hall–Kier alpha value is -2.49. The first-order valence-electron chi connectivity index (χ1n) is 10.4. The summed E-state index contributed by atoms with van der Waals surface area (Å²) in [5, 5.41) is 19.6. The number of ether oxygens (including phenoxy) is 1. The number of aryl methyl sites for hydroxylation is 1. The van der Waals surface area contributed by atoms with E-state index in [2.05, 4.69) is 39.8 Å². The van der Waals surface area contributed by atoms with Crippen LogP contribution in [0.1, 0.15) is 70.6 Å². The Morgan fingerprint density at radius 1 is 1.00 bits per heavy atom. The standard InChI is InChI=1S/C25H32O4/c1-6-29-22-15-20-19(24(2,3)11-12-25(20,4)5)14-18(22)17-13-16(7-9-21(17)26)8-10-23(27)28/h7,9,13-15,26H,6,8,10-12H2,1-5H3,(H,27,28). The van der Waals surface area contributed by atoms with Gasteiger partial charge >= 0.3 is 5.97 Å². The average Bonchev–Trinajstić information content (AvgIpc) is 2.65. The zero-order valence-electron chi connectivity index (χ0n) is 18.1. The van der Waals surface area contributed by atoms with E-state index in [0.717, 1.165) is 29.7 Å². The highest BCUT2D eigenvalue weighted by atomic mass is 16.5. The molecule has 0 heterocycles. The summed E-state index contributed by atoms with van der Waals surface area (Å²) in [4.78, 5) is 11.0. The van der Waals surface area contributed by atoms with Crippen LogP contribution in [0.4, 0.5) is 0 Å². The Morgan fingerprint density at radius 2 is 1.62 bits per heavy atom. The largest absolute Gasteiger partial charge is 0.507 e. The minimum absolute atomic E-state index is 0.0425. The molecule has 156 valence electrons. The number of phenolic OH excluding ortho intramolecular Hbond substituents is 1. The molecule has 0 saturated carbocycles. The van der Waals surface area contributed by atoms with Crippen molar-refractivity contribution in [2.24, 2.45) is 0 Å². The Bertz CT molecular complexity index is 925. The van der Waals surface area contributed by atoms with Gasteiger partial charge in [-0.25, -0.2) is 0 Å². The van der Waals surface area contributed by atoms with Crippen molar-refractivity contribution in [3.8, 4) is 22.6 Å². The summed E-state index contributed by atoms with van der Waals surface area (Å²) in [5.74, 6) is 0.118. The third-order valence-corrected chi connectivity index (χ3v) is 6.23. The van der Waals surface area contributed by atoms with Crippen molar-refractivity contribution in [2.75, 3.05) is 6.61 Å². The lowest BCUT2D eigenvalue weighted by molar-refractivity contribution is -0.136. The van der Waals surface area contributed by atoms with Crippen molar-refractivity contribution in [1.29, 1.82) is 0 Å². The lowest BCUT2D eigenvalue weighted by Gasteiger charge is -2.42. The number of rotatable bonds is 6. The van der Waals surface area contributed by atoms with Gasteiger partial charge in [0.25, 0.3) is 0 Å².